The Hall–Kier alpha value is -2.20. The van der Waals surface area contributed by atoms with Gasteiger partial charge in [-0.3, -0.25) is 4.40 Å². The molecule has 0 saturated heterocycles. The molecule has 0 aliphatic rings. The smallest absolute Gasteiger partial charge is 0.173 e. The van der Waals surface area contributed by atoms with Crippen molar-refractivity contribution in [2.45, 2.75) is 13.3 Å². The molecule has 2 heterocycles. The second kappa shape index (κ2) is 5.06. The van der Waals surface area contributed by atoms with Gasteiger partial charge in [-0.2, -0.15) is 0 Å². The zero-order valence-electron chi connectivity index (χ0n) is 11.3. The maximum absolute atomic E-state index is 13.9. The van der Waals surface area contributed by atoms with Crippen molar-refractivity contribution in [1.82, 2.24) is 9.38 Å². The molecule has 0 saturated carbocycles. The fraction of sp³-hybridized carbons (Fsp3) is 0.188. The van der Waals surface area contributed by atoms with Gasteiger partial charge in [-0.25, -0.2) is 9.37 Å². The molecule has 0 bridgehead atoms. The van der Waals surface area contributed by atoms with Gasteiger partial charge in [-0.1, -0.05) is 29.8 Å². The van der Waals surface area contributed by atoms with Crippen molar-refractivity contribution in [2.75, 3.05) is 6.54 Å². The number of hydrogen-bond acceptors (Lipinski definition) is 2. The van der Waals surface area contributed by atoms with Crippen molar-refractivity contribution < 1.29 is 4.39 Å². The maximum atomic E-state index is 13.9. The Bertz CT molecular complexity index is 744. The van der Waals surface area contributed by atoms with Crippen LogP contribution < -0.4 is 5.73 Å². The van der Waals surface area contributed by atoms with Crippen LogP contribution >= 0.6 is 0 Å². The normalized spacial score (nSPS) is 11.2. The SMILES string of the molecule is Cc1ccc(-c2c(CCN)nc3c(F)cccn23)cc1. The van der Waals surface area contributed by atoms with Crippen molar-refractivity contribution in [3.05, 3.63) is 59.7 Å². The fourth-order valence-electron chi connectivity index (χ4n) is 2.41. The van der Waals surface area contributed by atoms with E-state index in [0.717, 1.165) is 17.0 Å². The number of rotatable bonds is 3. The average Bonchev–Trinajstić information content (AvgIpc) is 2.80. The van der Waals surface area contributed by atoms with E-state index in [1.807, 2.05) is 37.4 Å². The molecule has 1 aromatic carbocycles. The number of pyridine rings is 1. The van der Waals surface area contributed by atoms with Crippen molar-refractivity contribution in [3.63, 3.8) is 0 Å². The predicted molar refractivity (Wildman–Crippen MR) is 78.1 cm³/mol. The van der Waals surface area contributed by atoms with Gasteiger partial charge in [0.2, 0.25) is 0 Å². The monoisotopic (exact) mass is 269 g/mol. The molecule has 3 rings (SSSR count). The summed E-state index contributed by atoms with van der Waals surface area (Å²) in [5.41, 5.74) is 9.97. The first kappa shape index (κ1) is 12.8. The zero-order chi connectivity index (χ0) is 14.1. The molecule has 0 fully saturated rings. The average molecular weight is 269 g/mol. The summed E-state index contributed by atoms with van der Waals surface area (Å²) >= 11 is 0. The molecule has 0 atom stereocenters. The van der Waals surface area contributed by atoms with Crippen LogP contribution in [0.1, 0.15) is 11.3 Å². The molecule has 0 amide bonds. The zero-order valence-corrected chi connectivity index (χ0v) is 11.3. The molecule has 0 radical (unpaired) electrons. The molecule has 3 aromatic rings. The van der Waals surface area contributed by atoms with E-state index < -0.39 is 0 Å². The molecule has 4 heteroatoms. The molecule has 0 spiro atoms. The molecule has 0 aliphatic heterocycles. The van der Waals surface area contributed by atoms with E-state index in [1.54, 1.807) is 10.5 Å². The number of hydrogen-bond donors (Lipinski definition) is 1. The number of fused-ring (bicyclic) bond motifs is 1. The summed E-state index contributed by atoms with van der Waals surface area (Å²) in [6.07, 6.45) is 2.46. The number of aryl methyl sites for hydroxylation is 1. The second-order valence-corrected chi connectivity index (χ2v) is 4.86. The quantitative estimate of drug-likeness (QED) is 0.794. The third kappa shape index (κ3) is 2.08. The summed E-state index contributed by atoms with van der Waals surface area (Å²) in [6, 6.07) is 11.3. The molecule has 102 valence electrons. The van der Waals surface area contributed by atoms with Crippen LogP contribution in [0, 0.1) is 12.7 Å². The first-order chi connectivity index (χ1) is 9.70. The summed E-state index contributed by atoms with van der Waals surface area (Å²) in [5.74, 6) is -0.316. The van der Waals surface area contributed by atoms with Crippen LogP contribution in [0.2, 0.25) is 0 Å². The Labute approximate surface area is 116 Å². The van der Waals surface area contributed by atoms with Crippen LogP contribution in [0.15, 0.2) is 42.6 Å². The van der Waals surface area contributed by atoms with Crippen LogP contribution in [0.4, 0.5) is 4.39 Å². The van der Waals surface area contributed by atoms with Crippen molar-refractivity contribution in [1.29, 1.82) is 0 Å². The lowest BCUT2D eigenvalue weighted by Crippen LogP contribution is -2.04. The van der Waals surface area contributed by atoms with Crippen LogP contribution in [-0.4, -0.2) is 15.9 Å². The first-order valence-corrected chi connectivity index (χ1v) is 6.63. The van der Waals surface area contributed by atoms with E-state index in [1.165, 1.54) is 11.6 Å². The van der Waals surface area contributed by atoms with Gasteiger partial charge in [0.05, 0.1) is 11.4 Å². The van der Waals surface area contributed by atoms with Crippen molar-refractivity contribution in [3.8, 4) is 11.3 Å². The maximum Gasteiger partial charge on any atom is 0.173 e. The Morgan fingerprint density at radius 1 is 1.20 bits per heavy atom. The topological polar surface area (TPSA) is 43.3 Å². The standard InChI is InChI=1S/C16H16FN3/c1-11-4-6-12(7-5-11)15-14(8-9-18)19-16-13(17)3-2-10-20(15)16/h2-7,10H,8-9,18H2,1H3. The lowest BCUT2D eigenvalue weighted by molar-refractivity contribution is 0.630. The highest BCUT2D eigenvalue weighted by Crippen LogP contribution is 2.26. The number of benzene rings is 1. The third-order valence-electron chi connectivity index (χ3n) is 3.38. The highest BCUT2D eigenvalue weighted by atomic mass is 19.1. The molecule has 0 unspecified atom stereocenters. The summed E-state index contributed by atoms with van der Waals surface area (Å²) in [4.78, 5) is 4.41. The van der Waals surface area contributed by atoms with E-state index in [9.17, 15) is 4.39 Å². The van der Waals surface area contributed by atoms with E-state index in [2.05, 4.69) is 4.98 Å². The molecule has 2 N–H and O–H groups in total. The minimum atomic E-state index is -0.316. The van der Waals surface area contributed by atoms with Crippen LogP contribution in [0.25, 0.3) is 16.9 Å². The predicted octanol–water partition coefficient (Wildman–Crippen LogP) is 2.95. The molecular weight excluding hydrogens is 253 g/mol. The third-order valence-corrected chi connectivity index (χ3v) is 3.38. The Balaban J connectivity index is 2.28. The number of imidazole rings is 1. The minimum Gasteiger partial charge on any atom is -0.330 e. The Morgan fingerprint density at radius 3 is 2.65 bits per heavy atom. The van der Waals surface area contributed by atoms with Gasteiger partial charge in [-0.15, -0.1) is 0 Å². The molecule has 3 nitrogen and oxygen atoms in total. The second-order valence-electron chi connectivity index (χ2n) is 4.86. The van der Waals surface area contributed by atoms with E-state index >= 15 is 0 Å². The highest BCUT2D eigenvalue weighted by Gasteiger charge is 2.15. The number of nitrogens with zero attached hydrogens (tertiary/aromatic N) is 2. The Kier molecular flexibility index (Phi) is 3.24. The Morgan fingerprint density at radius 2 is 1.95 bits per heavy atom. The molecule has 2 aromatic heterocycles. The first-order valence-electron chi connectivity index (χ1n) is 6.63. The van der Waals surface area contributed by atoms with Crippen molar-refractivity contribution in [2.24, 2.45) is 5.73 Å². The van der Waals surface area contributed by atoms with E-state index in [-0.39, 0.29) is 5.82 Å². The van der Waals surface area contributed by atoms with Crippen LogP contribution in [0.5, 0.6) is 0 Å². The van der Waals surface area contributed by atoms with Crippen LogP contribution in [0.3, 0.4) is 0 Å². The van der Waals surface area contributed by atoms with Gasteiger partial charge in [0.25, 0.3) is 0 Å². The van der Waals surface area contributed by atoms with Crippen molar-refractivity contribution >= 4 is 5.65 Å². The summed E-state index contributed by atoms with van der Waals surface area (Å²) in [7, 11) is 0. The summed E-state index contributed by atoms with van der Waals surface area (Å²) < 4.78 is 15.7. The largest absolute Gasteiger partial charge is 0.330 e. The number of nitrogens with two attached hydrogens (primary N) is 1. The van der Waals surface area contributed by atoms with E-state index in [0.29, 0.717) is 18.6 Å². The number of halogens is 1. The lowest BCUT2D eigenvalue weighted by atomic mass is 10.1. The lowest BCUT2D eigenvalue weighted by Gasteiger charge is -2.05. The van der Waals surface area contributed by atoms with Gasteiger partial charge >= 0.3 is 0 Å². The summed E-state index contributed by atoms with van der Waals surface area (Å²) in [5, 5.41) is 0. The minimum absolute atomic E-state index is 0.316. The summed E-state index contributed by atoms with van der Waals surface area (Å²) in [6.45, 7) is 2.53. The molecule has 0 aliphatic carbocycles. The van der Waals surface area contributed by atoms with Crippen LogP contribution in [-0.2, 0) is 6.42 Å². The number of aromatic nitrogens is 2. The molecular formula is C16H16FN3. The molecule has 20 heavy (non-hydrogen) atoms. The highest BCUT2D eigenvalue weighted by molar-refractivity contribution is 5.68. The van der Waals surface area contributed by atoms with Gasteiger partial charge in [0.1, 0.15) is 0 Å². The van der Waals surface area contributed by atoms with Gasteiger partial charge < -0.3 is 5.73 Å². The van der Waals surface area contributed by atoms with Gasteiger partial charge in [0.15, 0.2) is 11.5 Å². The van der Waals surface area contributed by atoms with Gasteiger partial charge in [0, 0.05) is 18.2 Å². The van der Waals surface area contributed by atoms with E-state index in [4.69, 9.17) is 5.73 Å². The van der Waals surface area contributed by atoms with Gasteiger partial charge in [-0.05, 0) is 25.6 Å². The fourth-order valence-corrected chi connectivity index (χ4v) is 2.41.